The molecule has 52 heavy (non-hydrogen) atoms. The fourth-order valence-electron chi connectivity index (χ4n) is 10.3. The molecule has 6 aromatic carbocycles. The highest BCUT2D eigenvalue weighted by Gasteiger charge is 2.46. The van der Waals surface area contributed by atoms with Crippen LogP contribution in [0.1, 0.15) is 70.1 Å². The van der Waals surface area contributed by atoms with Gasteiger partial charge < -0.3 is 14.1 Å². The molecule has 0 fully saturated rings. The minimum absolute atomic E-state index is 0.0198. The van der Waals surface area contributed by atoms with Crippen LogP contribution in [0, 0.1) is 0 Å². The van der Waals surface area contributed by atoms with Crippen LogP contribution in [-0.2, 0) is 10.8 Å². The van der Waals surface area contributed by atoms with Gasteiger partial charge >= 0.3 is 0 Å². The van der Waals surface area contributed by atoms with Gasteiger partial charge in [0.05, 0.1) is 0 Å². The Morgan fingerprint density at radius 3 is 2.33 bits per heavy atom. The maximum Gasteiger partial charge on any atom is 0.251 e. The Morgan fingerprint density at radius 1 is 0.615 bits per heavy atom. The quantitative estimate of drug-likeness (QED) is 0.171. The third kappa shape index (κ3) is 3.98. The van der Waals surface area contributed by atoms with Gasteiger partial charge in [-0.1, -0.05) is 124 Å². The summed E-state index contributed by atoms with van der Waals surface area (Å²) in [5, 5.41) is 2.31. The zero-order chi connectivity index (χ0) is 34.9. The van der Waals surface area contributed by atoms with Crippen molar-refractivity contribution in [1.82, 2.24) is 0 Å². The van der Waals surface area contributed by atoms with E-state index in [2.05, 4.69) is 148 Å². The first-order valence-electron chi connectivity index (χ1n) is 18.9. The first-order valence-corrected chi connectivity index (χ1v) is 18.9. The van der Waals surface area contributed by atoms with Gasteiger partial charge in [-0.15, -0.1) is 0 Å². The lowest BCUT2D eigenvalue weighted by Gasteiger charge is -2.46. The van der Waals surface area contributed by atoms with E-state index in [-0.39, 0.29) is 17.5 Å². The molecule has 3 nitrogen and oxygen atoms in total. The van der Waals surface area contributed by atoms with Crippen LogP contribution in [0.25, 0.3) is 33.1 Å². The molecule has 0 saturated carbocycles. The molecule has 7 aromatic rings. The van der Waals surface area contributed by atoms with E-state index in [0.29, 0.717) is 0 Å². The van der Waals surface area contributed by atoms with Crippen molar-refractivity contribution in [2.24, 2.45) is 0 Å². The Kier molecular flexibility index (Phi) is 6.12. The molecular weight excluding hydrogens is 633 g/mol. The second-order valence-corrected chi connectivity index (χ2v) is 16.3. The summed E-state index contributed by atoms with van der Waals surface area (Å²) in [6, 6.07) is 44.7. The maximum atomic E-state index is 6.98. The molecule has 11 rings (SSSR count). The number of ether oxygens (including phenoxy) is 1. The molecule has 0 radical (unpaired) electrons. The molecule has 4 heteroatoms. The molecule has 0 bridgehead atoms. The number of nitrogens with zero attached hydrogens (tertiary/aromatic N) is 1. The van der Waals surface area contributed by atoms with Crippen LogP contribution in [0.15, 0.2) is 137 Å². The lowest BCUT2D eigenvalue weighted by Crippen LogP contribution is -2.62. The summed E-state index contributed by atoms with van der Waals surface area (Å²) in [6.07, 6.45) is 4.74. The molecular formula is C48H40BNO2. The Morgan fingerprint density at radius 2 is 1.40 bits per heavy atom. The van der Waals surface area contributed by atoms with Crippen molar-refractivity contribution in [3.8, 4) is 22.6 Å². The second kappa shape index (κ2) is 10.5. The summed E-state index contributed by atoms with van der Waals surface area (Å²) in [4.78, 5) is 2.55. The van der Waals surface area contributed by atoms with E-state index >= 15 is 0 Å². The van der Waals surface area contributed by atoms with Gasteiger partial charge in [0.25, 0.3) is 6.71 Å². The van der Waals surface area contributed by atoms with E-state index in [1.54, 1.807) is 5.57 Å². The molecule has 4 heterocycles. The first-order chi connectivity index (χ1) is 25.3. The van der Waals surface area contributed by atoms with Crippen LogP contribution in [-0.4, -0.2) is 6.71 Å². The fourth-order valence-corrected chi connectivity index (χ4v) is 10.3. The second-order valence-electron chi connectivity index (χ2n) is 16.3. The predicted octanol–water partition coefficient (Wildman–Crippen LogP) is 10.8. The maximum absolute atomic E-state index is 6.98. The SMILES string of the molecule is CC1(C)C2=C(CCCC2)N(c2ccc3c(c2)Oc2cccc4c2B3c2cc(-c3cccc5c3oc3ccccc35)ccc2C4(C)C)c2ccccc21. The molecule has 4 aliphatic rings. The Hall–Kier alpha value is -5.48. The van der Waals surface area contributed by atoms with Gasteiger partial charge in [-0.2, -0.15) is 0 Å². The van der Waals surface area contributed by atoms with Crippen LogP contribution >= 0.6 is 0 Å². The number of hydrogen-bond donors (Lipinski definition) is 0. The van der Waals surface area contributed by atoms with Crippen molar-refractivity contribution in [3.63, 3.8) is 0 Å². The number of para-hydroxylation sites is 3. The highest BCUT2D eigenvalue weighted by Crippen LogP contribution is 2.52. The van der Waals surface area contributed by atoms with E-state index in [1.807, 2.05) is 6.07 Å². The third-order valence-corrected chi connectivity index (χ3v) is 12.8. The zero-order valence-corrected chi connectivity index (χ0v) is 30.2. The van der Waals surface area contributed by atoms with Crippen LogP contribution < -0.4 is 26.0 Å². The van der Waals surface area contributed by atoms with Crippen molar-refractivity contribution in [2.45, 2.75) is 64.2 Å². The molecule has 1 aliphatic carbocycles. The van der Waals surface area contributed by atoms with Crippen LogP contribution in [0.5, 0.6) is 11.5 Å². The van der Waals surface area contributed by atoms with Gasteiger partial charge in [0.2, 0.25) is 0 Å². The van der Waals surface area contributed by atoms with Gasteiger partial charge in [0, 0.05) is 50.3 Å². The molecule has 0 unspecified atom stereocenters. The minimum Gasteiger partial charge on any atom is -0.458 e. The van der Waals surface area contributed by atoms with Crippen LogP contribution in [0.3, 0.4) is 0 Å². The molecule has 3 aliphatic heterocycles. The van der Waals surface area contributed by atoms with E-state index in [0.717, 1.165) is 51.8 Å². The molecule has 0 N–H and O–H groups in total. The molecule has 0 atom stereocenters. The molecule has 0 amide bonds. The number of fused-ring (bicyclic) bond motifs is 8. The normalized spacial score (nSPS) is 17.6. The van der Waals surface area contributed by atoms with E-state index in [9.17, 15) is 0 Å². The van der Waals surface area contributed by atoms with E-state index < -0.39 is 0 Å². The van der Waals surface area contributed by atoms with Gasteiger partial charge in [-0.25, -0.2) is 0 Å². The lowest BCUT2D eigenvalue weighted by molar-refractivity contribution is 0.484. The largest absolute Gasteiger partial charge is 0.458 e. The Balaban J connectivity index is 1.10. The van der Waals surface area contributed by atoms with Gasteiger partial charge in [0.15, 0.2) is 0 Å². The average molecular weight is 674 g/mol. The number of furan rings is 1. The topological polar surface area (TPSA) is 25.6 Å². The Labute approximate surface area is 305 Å². The fraction of sp³-hybridized carbons (Fsp3) is 0.208. The Bertz CT molecular complexity index is 2690. The van der Waals surface area contributed by atoms with Crippen LogP contribution in [0.4, 0.5) is 11.4 Å². The number of benzene rings is 6. The third-order valence-electron chi connectivity index (χ3n) is 12.8. The average Bonchev–Trinajstić information content (AvgIpc) is 3.55. The number of rotatable bonds is 2. The number of anilines is 2. The monoisotopic (exact) mass is 673 g/mol. The molecule has 0 spiro atoms. The predicted molar refractivity (Wildman–Crippen MR) is 216 cm³/mol. The lowest BCUT2D eigenvalue weighted by atomic mass is 9.30. The summed E-state index contributed by atoms with van der Waals surface area (Å²) >= 11 is 0. The molecule has 1 aromatic heterocycles. The van der Waals surface area contributed by atoms with Crippen LogP contribution in [0.2, 0.25) is 0 Å². The van der Waals surface area contributed by atoms with Gasteiger partial charge in [0.1, 0.15) is 22.7 Å². The zero-order valence-electron chi connectivity index (χ0n) is 30.2. The first kappa shape index (κ1) is 30.2. The van der Waals surface area contributed by atoms with Gasteiger partial charge in [-0.05, 0) is 88.7 Å². The standard InChI is InChI=1S/C48H40BNO2/c1-47(2)34-25-23-29(31-14-11-15-33-32-13-5-10-21-42(32)52-46(31)33)27-39(34)49-38-26-24-30(28-44(38)51-43-22-12-18-37(47)45(43)49)50-40-19-8-6-16-35(40)48(3,4)36-17-7-9-20-41(36)50/h5-6,8,10-16,18-19,21-28H,7,9,17,20H2,1-4H3. The highest BCUT2D eigenvalue weighted by atomic mass is 16.5. The van der Waals surface area contributed by atoms with Crippen molar-refractivity contribution in [1.29, 1.82) is 0 Å². The minimum atomic E-state index is -0.184. The summed E-state index contributed by atoms with van der Waals surface area (Å²) < 4.78 is 13.5. The molecule has 252 valence electrons. The van der Waals surface area contributed by atoms with Crippen molar-refractivity contribution < 1.29 is 9.15 Å². The number of allylic oxidation sites excluding steroid dienone is 2. The summed E-state index contributed by atoms with van der Waals surface area (Å²) in [6.45, 7) is 9.61. The number of hydrogen-bond acceptors (Lipinski definition) is 3. The van der Waals surface area contributed by atoms with E-state index in [4.69, 9.17) is 9.15 Å². The summed E-state index contributed by atoms with van der Waals surface area (Å²) in [5.41, 5.74) is 17.5. The molecule has 0 saturated heterocycles. The van der Waals surface area contributed by atoms with Crippen molar-refractivity contribution in [2.75, 3.05) is 4.90 Å². The smallest absolute Gasteiger partial charge is 0.251 e. The summed E-state index contributed by atoms with van der Waals surface area (Å²) in [7, 11) is 0. The van der Waals surface area contributed by atoms with Crippen molar-refractivity contribution in [3.05, 3.63) is 149 Å². The van der Waals surface area contributed by atoms with Gasteiger partial charge in [-0.3, -0.25) is 0 Å². The van der Waals surface area contributed by atoms with E-state index in [1.165, 1.54) is 68.6 Å². The summed E-state index contributed by atoms with van der Waals surface area (Å²) in [5.74, 6) is 1.91. The highest BCUT2D eigenvalue weighted by molar-refractivity contribution is 6.98. The van der Waals surface area contributed by atoms with Crippen molar-refractivity contribution >= 4 is 56.4 Å².